The molecule has 1 unspecified atom stereocenters. The van der Waals surface area contributed by atoms with Gasteiger partial charge in [0, 0.05) is 13.1 Å². The largest absolute Gasteiger partial charge is 0.394 e. The second kappa shape index (κ2) is 4.59. The van der Waals surface area contributed by atoms with E-state index in [1.165, 1.54) is 6.07 Å². The van der Waals surface area contributed by atoms with Gasteiger partial charge < -0.3 is 15.3 Å². The molecule has 18 heavy (non-hydrogen) atoms. The van der Waals surface area contributed by atoms with E-state index in [-0.39, 0.29) is 12.6 Å². The first kappa shape index (κ1) is 12.9. The third-order valence-electron chi connectivity index (χ3n) is 3.09. The molecule has 0 aromatic heterocycles. The summed E-state index contributed by atoms with van der Waals surface area (Å²) in [5, 5.41) is 12.0. The second-order valence-corrected chi connectivity index (χ2v) is 4.68. The number of likely N-dealkylation sites (N-methyl/N-ethyl adjacent to an activating group) is 1. The molecule has 6 heteroatoms. The molecule has 1 aliphatic heterocycles. The van der Waals surface area contributed by atoms with Crippen LogP contribution < -0.4 is 10.2 Å². The number of halogens is 1. The summed E-state index contributed by atoms with van der Waals surface area (Å²) in [6, 6.07) is 3.01. The first-order chi connectivity index (χ1) is 8.45. The normalized spacial score (nSPS) is 15.3. The SMILES string of the molecule is CC(CO)N(C)c1cc2c(cc1Cl)C(=O)C(=O)N2. The number of aliphatic hydroxyl groups is 1. The van der Waals surface area contributed by atoms with E-state index in [9.17, 15) is 9.59 Å². The molecule has 2 N–H and O–H groups in total. The first-order valence-corrected chi connectivity index (χ1v) is 5.86. The lowest BCUT2D eigenvalue weighted by Gasteiger charge is -2.26. The lowest BCUT2D eigenvalue weighted by atomic mass is 10.1. The quantitative estimate of drug-likeness (QED) is 0.811. The molecule has 0 fully saturated rings. The van der Waals surface area contributed by atoms with Gasteiger partial charge in [0.05, 0.1) is 28.6 Å². The van der Waals surface area contributed by atoms with Crippen molar-refractivity contribution in [2.75, 3.05) is 23.9 Å². The number of fused-ring (bicyclic) bond motifs is 1. The zero-order valence-electron chi connectivity index (χ0n) is 10.0. The molecule has 1 aromatic rings. The Kier molecular flexibility index (Phi) is 3.28. The van der Waals surface area contributed by atoms with E-state index in [0.717, 1.165) is 0 Å². The Labute approximate surface area is 109 Å². The molecule has 5 nitrogen and oxygen atoms in total. The fraction of sp³-hybridized carbons (Fsp3) is 0.333. The molecule has 96 valence electrons. The fourth-order valence-electron chi connectivity index (χ4n) is 1.78. The van der Waals surface area contributed by atoms with Crippen molar-refractivity contribution in [3.8, 4) is 0 Å². The number of carbonyl (C=O) groups is 2. The average Bonchev–Trinajstić information content (AvgIpc) is 2.63. The van der Waals surface area contributed by atoms with Gasteiger partial charge in [-0.25, -0.2) is 0 Å². The Morgan fingerprint density at radius 3 is 2.72 bits per heavy atom. The summed E-state index contributed by atoms with van der Waals surface area (Å²) < 4.78 is 0. The second-order valence-electron chi connectivity index (χ2n) is 4.27. The van der Waals surface area contributed by atoms with Crippen molar-refractivity contribution in [1.29, 1.82) is 0 Å². The highest BCUT2D eigenvalue weighted by Crippen LogP contribution is 2.35. The number of nitrogens with one attached hydrogen (secondary N) is 1. The van der Waals surface area contributed by atoms with Gasteiger partial charge in [0.2, 0.25) is 0 Å². The fourth-order valence-corrected chi connectivity index (χ4v) is 2.08. The molecule has 0 radical (unpaired) electrons. The van der Waals surface area contributed by atoms with Crippen molar-refractivity contribution in [3.05, 3.63) is 22.7 Å². The minimum atomic E-state index is -0.643. The molecule has 2 rings (SSSR count). The Hall–Kier alpha value is -1.59. The van der Waals surface area contributed by atoms with Crippen molar-refractivity contribution in [2.24, 2.45) is 0 Å². The molecule has 0 saturated carbocycles. The number of aliphatic hydroxyl groups excluding tert-OH is 1. The average molecular weight is 269 g/mol. The monoisotopic (exact) mass is 268 g/mol. The van der Waals surface area contributed by atoms with Gasteiger partial charge in [-0.05, 0) is 19.1 Å². The zero-order valence-corrected chi connectivity index (χ0v) is 10.8. The van der Waals surface area contributed by atoms with E-state index < -0.39 is 11.7 Å². The summed E-state index contributed by atoms with van der Waals surface area (Å²) in [5.41, 5.74) is 1.41. The van der Waals surface area contributed by atoms with Crippen LogP contribution in [0.5, 0.6) is 0 Å². The van der Waals surface area contributed by atoms with Crippen LogP contribution in [0.3, 0.4) is 0 Å². The maximum atomic E-state index is 11.5. The summed E-state index contributed by atoms with van der Waals surface area (Å²) in [6.07, 6.45) is 0. The predicted molar refractivity (Wildman–Crippen MR) is 69.4 cm³/mol. The van der Waals surface area contributed by atoms with E-state index in [0.29, 0.717) is 22.0 Å². The molecule has 1 amide bonds. The number of benzene rings is 1. The summed E-state index contributed by atoms with van der Waals surface area (Å²) >= 11 is 6.10. The highest BCUT2D eigenvalue weighted by molar-refractivity contribution is 6.52. The minimum Gasteiger partial charge on any atom is -0.394 e. The van der Waals surface area contributed by atoms with Gasteiger partial charge in [0.1, 0.15) is 0 Å². The Morgan fingerprint density at radius 2 is 2.11 bits per heavy atom. The van der Waals surface area contributed by atoms with Gasteiger partial charge in [-0.15, -0.1) is 0 Å². The van der Waals surface area contributed by atoms with Crippen LogP contribution in [0.1, 0.15) is 17.3 Å². The maximum absolute atomic E-state index is 11.5. The highest BCUT2D eigenvalue weighted by Gasteiger charge is 2.29. The van der Waals surface area contributed by atoms with E-state index in [1.807, 2.05) is 6.92 Å². The molecular formula is C12H13ClN2O3. The number of rotatable bonds is 3. The van der Waals surface area contributed by atoms with Gasteiger partial charge in [-0.3, -0.25) is 9.59 Å². The van der Waals surface area contributed by atoms with Gasteiger partial charge >= 0.3 is 0 Å². The van der Waals surface area contributed by atoms with Crippen LogP contribution in [0.15, 0.2) is 12.1 Å². The minimum absolute atomic E-state index is 0.0186. The maximum Gasteiger partial charge on any atom is 0.296 e. The van der Waals surface area contributed by atoms with Crippen molar-refractivity contribution in [1.82, 2.24) is 0 Å². The number of hydrogen-bond acceptors (Lipinski definition) is 4. The lowest BCUT2D eigenvalue weighted by Crippen LogP contribution is -2.32. The van der Waals surface area contributed by atoms with E-state index in [1.54, 1.807) is 18.0 Å². The van der Waals surface area contributed by atoms with Crippen LogP contribution in [0.4, 0.5) is 11.4 Å². The molecule has 0 aliphatic carbocycles. The summed E-state index contributed by atoms with van der Waals surface area (Å²) in [6.45, 7) is 1.82. The van der Waals surface area contributed by atoms with Crippen LogP contribution in [-0.4, -0.2) is 36.5 Å². The Morgan fingerprint density at radius 1 is 1.44 bits per heavy atom. The third kappa shape index (κ3) is 1.95. The lowest BCUT2D eigenvalue weighted by molar-refractivity contribution is -0.112. The van der Waals surface area contributed by atoms with Crippen LogP contribution in [0.25, 0.3) is 0 Å². The summed E-state index contributed by atoms with van der Waals surface area (Å²) in [5.74, 6) is -1.22. The number of anilines is 2. The van der Waals surface area contributed by atoms with Gasteiger partial charge in [0.25, 0.3) is 11.7 Å². The standard InChI is InChI=1S/C12H13ClN2O3/c1-6(5-16)15(2)10-4-9-7(3-8(10)13)11(17)12(18)14-9/h3-4,6,16H,5H2,1-2H3,(H,14,17,18). The van der Waals surface area contributed by atoms with Crippen molar-refractivity contribution < 1.29 is 14.7 Å². The summed E-state index contributed by atoms with van der Waals surface area (Å²) in [4.78, 5) is 24.5. The topological polar surface area (TPSA) is 69.6 Å². The van der Waals surface area contributed by atoms with Crippen molar-refractivity contribution in [2.45, 2.75) is 13.0 Å². The van der Waals surface area contributed by atoms with Crippen LogP contribution >= 0.6 is 11.6 Å². The molecule has 0 bridgehead atoms. The molecule has 0 spiro atoms. The van der Waals surface area contributed by atoms with E-state index >= 15 is 0 Å². The highest BCUT2D eigenvalue weighted by atomic mass is 35.5. The number of carbonyl (C=O) groups excluding carboxylic acids is 2. The van der Waals surface area contributed by atoms with E-state index in [2.05, 4.69) is 5.32 Å². The molecule has 1 aromatic carbocycles. The molecular weight excluding hydrogens is 256 g/mol. The molecule has 1 aliphatic rings. The number of amides is 1. The number of Topliss-reactive ketones (excluding diaryl/α,β-unsaturated/α-hetero) is 1. The first-order valence-electron chi connectivity index (χ1n) is 5.48. The Balaban J connectivity index is 2.45. The smallest absolute Gasteiger partial charge is 0.296 e. The summed E-state index contributed by atoms with van der Waals surface area (Å²) in [7, 11) is 1.78. The van der Waals surface area contributed by atoms with Crippen LogP contribution in [-0.2, 0) is 4.79 Å². The van der Waals surface area contributed by atoms with Crippen molar-refractivity contribution >= 4 is 34.7 Å². The zero-order chi connectivity index (χ0) is 13.4. The third-order valence-corrected chi connectivity index (χ3v) is 3.39. The van der Waals surface area contributed by atoms with Gasteiger partial charge in [-0.2, -0.15) is 0 Å². The number of nitrogens with zero attached hydrogens (tertiary/aromatic N) is 1. The molecule has 1 atom stereocenters. The van der Waals surface area contributed by atoms with Gasteiger partial charge in [0.15, 0.2) is 0 Å². The Bertz CT molecular complexity index is 530. The van der Waals surface area contributed by atoms with Gasteiger partial charge in [-0.1, -0.05) is 11.6 Å². The number of ketones is 1. The van der Waals surface area contributed by atoms with Crippen LogP contribution in [0.2, 0.25) is 5.02 Å². The number of hydrogen-bond donors (Lipinski definition) is 2. The van der Waals surface area contributed by atoms with Crippen LogP contribution in [0, 0.1) is 0 Å². The predicted octanol–water partition coefficient (Wildman–Crippen LogP) is 1.29. The van der Waals surface area contributed by atoms with Crippen molar-refractivity contribution in [3.63, 3.8) is 0 Å². The van der Waals surface area contributed by atoms with E-state index in [4.69, 9.17) is 16.7 Å². The molecule has 1 heterocycles. The molecule has 0 saturated heterocycles.